The Morgan fingerprint density at radius 2 is 1.61 bits per heavy atom. The Hall–Kier alpha value is -4.29. The number of ether oxygens (including phenoxy) is 1. The molecule has 3 heteroatoms. The van der Waals surface area contributed by atoms with Crippen LogP contribution in [0.2, 0.25) is 0 Å². The molecule has 0 fully saturated rings. The number of rotatable bonds is 3. The van der Waals surface area contributed by atoms with Gasteiger partial charge in [-0.15, -0.1) is 0 Å². The maximum Gasteiger partial charge on any atom is 0.151 e. The predicted molar refractivity (Wildman–Crippen MR) is 124 cm³/mol. The van der Waals surface area contributed by atoms with E-state index in [1.165, 1.54) is 0 Å². The fraction of sp³-hybridized carbons (Fsp3) is 0.0357. The molecule has 1 aromatic heterocycles. The molecular weight excluding hydrogens is 384 g/mol. The molecule has 5 rings (SSSR count). The van der Waals surface area contributed by atoms with Gasteiger partial charge in [0, 0.05) is 22.1 Å². The van der Waals surface area contributed by atoms with Crippen LogP contribution in [0.25, 0.3) is 33.1 Å². The Labute approximate surface area is 179 Å². The lowest BCUT2D eigenvalue weighted by Crippen LogP contribution is -1.87. The van der Waals surface area contributed by atoms with Gasteiger partial charge in [0.25, 0.3) is 0 Å². The molecule has 0 aliphatic heterocycles. The summed E-state index contributed by atoms with van der Waals surface area (Å²) in [6.07, 6.45) is 0.845. The van der Waals surface area contributed by atoms with Gasteiger partial charge in [-0.2, -0.15) is 0 Å². The number of carbonyl (C=O) groups excluding carboxylic acids is 1. The molecule has 0 aliphatic carbocycles. The molecule has 0 bridgehead atoms. The van der Waals surface area contributed by atoms with Gasteiger partial charge < -0.3 is 9.15 Å². The zero-order valence-corrected chi connectivity index (χ0v) is 16.9. The van der Waals surface area contributed by atoms with Gasteiger partial charge in [0.15, 0.2) is 12.0 Å². The summed E-state index contributed by atoms with van der Waals surface area (Å²) in [6, 6.07) is 27.3. The quantitative estimate of drug-likeness (QED) is 0.256. The van der Waals surface area contributed by atoms with E-state index in [0.29, 0.717) is 11.3 Å². The summed E-state index contributed by atoms with van der Waals surface area (Å²) in [6.45, 7) is 0. The normalized spacial score (nSPS) is 10.6. The third-order valence-corrected chi connectivity index (χ3v) is 5.31. The van der Waals surface area contributed by atoms with E-state index >= 15 is 0 Å². The third-order valence-electron chi connectivity index (χ3n) is 5.31. The fourth-order valence-corrected chi connectivity index (χ4v) is 3.73. The Bertz CT molecular complexity index is 1500. The molecule has 0 amide bonds. The Morgan fingerprint density at radius 1 is 0.839 bits per heavy atom. The van der Waals surface area contributed by atoms with E-state index in [1.54, 1.807) is 13.2 Å². The summed E-state index contributed by atoms with van der Waals surface area (Å²) < 4.78 is 11.4. The molecule has 0 aliphatic rings. The first-order valence-corrected chi connectivity index (χ1v) is 9.93. The summed E-state index contributed by atoms with van der Waals surface area (Å²) in [7, 11) is 1.66. The maximum atomic E-state index is 11.6. The Kier molecular flexibility index (Phi) is 4.74. The van der Waals surface area contributed by atoms with Crippen LogP contribution >= 0.6 is 0 Å². The van der Waals surface area contributed by atoms with Crippen LogP contribution in [0.15, 0.2) is 89.3 Å². The molecule has 31 heavy (non-hydrogen) atoms. The van der Waals surface area contributed by atoms with Crippen LogP contribution in [0.4, 0.5) is 0 Å². The first kappa shape index (κ1) is 18.7. The minimum atomic E-state index is 0.573. The molecule has 0 unspecified atom stereocenters. The van der Waals surface area contributed by atoms with Gasteiger partial charge >= 0.3 is 0 Å². The lowest BCUT2D eigenvalue weighted by molar-refractivity contribution is 0.112. The molecular formula is C28H18O3. The first-order chi connectivity index (χ1) is 15.3. The van der Waals surface area contributed by atoms with Crippen LogP contribution in [-0.4, -0.2) is 13.4 Å². The van der Waals surface area contributed by atoms with Crippen molar-refractivity contribution in [3.05, 3.63) is 102 Å². The van der Waals surface area contributed by atoms with Gasteiger partial charge in [-0.25, -0.2) is 0 Å². The molecule has 0 saturated carbocycles. The van der Waals surface area contributed by atoms with E-state index < -0.39 is 0 Å². The number of hydrogen-bond donors (Lipinski definition) is 0. The van der Waals surface area contributed by atoms with Crippen molar-refractivity contribution in [1.82, 2.24) is 0 Å². The number of aldehydes is 1. The SMILES string of the molecule is COc1ccc2cc(C#Cc3c(-c4ccccc4C=O)oc4ccccc34)ccc2c1. The van der Waals surface area contributed by atoms with Crippen molar-refractivity contribution in [2.45, 2.75) is 0 Å². The number of hydrogen-bond acceptors (Lipinski definition) is 3. The second-order valence-electron chi connectivity index (χ2n) is 7.19. The fourth-order valence-electron chi connectivity index (χ4n) is 3.73. The highest BCUT2D eigenvalue weighted by Gasteiger charge is 2.16. The third kappa shape index (κ3) is 3.45. The predicted octanol–water partition coefficient (Wildman–Crippen LogP) is 6.47. The van der Waals surface area contributed by atoms with Gasteiger partial charge in [0.05, 0.1) is 12.7 Å². The van der Waals surface area contributed by atoms with Gasteiger partial charge in [-0.3, -0.25) is 4.79 Å². The minimum Gasteiger partial charge on any atom is -0.497 e. The van der Waals surface area contributed by atoms with E-state index in [9.17, 15) is 4.79 Å². The van der Waals surface area contributed by atoms with Crippen LogP contribution in [0, 0.1) is 11.8 Å². The van der Waals surface area contributed by atoms with Crippen molar-refractivity contribution >= 4 is 28.0 Å². The van der Waals surface area contributed by atoms with Crippen LogP contribution in [0.3, 0.4) is 0 Å². The van der Waals surface area contributed by atoms with Crippen molar-refractivity contribution in [1.29, 1.82) is 0 Å². The summed E-state index contributed by atoms with van der Waals surface area (Å²) in [5.41, 5.74) is 3.73. The number of benzene rings is 4. The average molecular weight is 402 g/mol. The minimum absolute atomic E-state index is 0.573. The number of para-hydroxylation sites is 1. The van der Waals surface area contributed by atoms with Crippen LogP contribution in [0.5, 0.6) is 5.75 Å². The van der Waals surface area contributed by atoms with E-state index in [4.69, 9.17) is 9.15 Å². The van der Waals surface area contributed by atoms with Gasteiger partial charge in [0.2, 0.25) is 0 Å². The first-order valence-electron chi connectivity index (χ1n) is 9.93. The van der Waals surface area contributed by atoms with Crippen LogP contribution < -0.4 is 4.74 Å². The number of furan rings is 1. The molecule has 3 nitrogen and oxygen atoms in total. The second kappa shape index (κ2) is 7.85. The smallest absolute Gasteiger partial charge is 0.151 e. The molecule has 5 aromatic rings. The second-order valence-corrected chi connectivity index (χ2v) is 7.19. The molecule has 0 atom stereocenters. The number of methoxy groups -OCH3 is 1. The number of fused-ring (bicyclic) bond motifs is 2. The molecule has 4 aromatic carbocycles. The zero-order valence-electron chi connectivity index (χ0n) is 16.9. The highest BCUT2D eigenvalue weighted by molar-refractivity contribution is 5.95. The standard InChI is InChI=1S/C28H18O3/c1-30-23-14-13-20-16-19(10-12-21(20)17-23)11-15-26-25-8-4-5-9-27(25)31-28(26)24-7-3-2-6-22(24)18-29/h2-10,12-14,16-18H,1H3. The van der Waals surface area contributed by atoms with Crippen molar-refractivity contribution < 1.29 is 13.9 Å². The topological polar surface area (TPSA) is 39.4 Å². The van der Waals surface area contributed by atoms with Crippen LogP contribution in [-0.2, 0) is 0 Å². The zero-order chi connectivity index (χ0) is 21.2. The van der Waals surface area contributed by atoms with Crippen molar-refractivity contribution in [3.8, 4) is 28.9 Å². The van der Waals surface area contributed by atoms with Crippen molar-refractivity contribution in [2.75, 3.05) is 7.11 Å². The lowest BCUT2D eigenvalue weighted by Gasteiger charge is -2.03. The Balaban J connectivity index is 1.66. The van der Waals surface area contributed by atoms with Crippen molar-refractivity contribution in [2.24, 2.45) is 0 Å². The van der Waals surface area contributed by atoms with Gasteiger partial charge in [0.1, 0.15) is 11.3 Å². The molecule has 148 valence electrons. The molecule has 0 saturated heterocycles. The Morgan fingerprint density at radius 3 is 2.48 bits per heavy atom. The summed E-state index contributed by atoms with van der Waals surface area (Å²) in [5, 5.41) is 3.12. The van der Waals surface area contributed by atoms with E-state index in [-0.39, 0.29) is 0 Å². The molecule has 1 heterocycles. The summed E-state index contributed by atoms with van der Waals surface area (Å²) >= 11 is 0. The molecule has 0 radical (unpaired) electrons. The highest BCUT2D eigenvalue weighted by Crippen LogP contribution is 2.34. The summed E-state index contributed by atoms with van der Waals surface area (Å²) in [4.78, 5) is 11.6. The van der Waals surface area contributed by atoms with E-state index in [1.807, 2.05) is 72.8 Å². The van der Waals surface area contributed by atoms with Gasteiger partial charge in [-0.1, -0.05) is 60.4 Å². The lowest BCUT2D eigenvalue weighted by atomic mass is 10.0. The molecule has 0 spiro atoms. The number of carbonyl (C=O) groups is 1. The largest absolute Gasteiger partial charge is 0.497 e. The maximum absolute atomic E-state index is 11.6. The van der Waals surface area contributed by atoms with E-state index in [0.717, 1.165) is 50.5 Å². The summed E-state index contributed by atoms with van der Waals surface area (Å²) in [5.74, 6) is 8.02. The van der Waals surface area contributed by atoms with Crippen LogP contribution in [0.1, 0.15) is 21.5 Å². The highest BCUT2D eigenvalue weighted by atomic mass is 16.5. The monoisotopic (exact) mass is 402 g/mol. The average Bonchev–Trinajstić information content (AvgIpc) is 3.20. The van der Waals surface area contributed by atoms with Gasteiger partial charge in [-0.05, 0) is 47.2 Å². The van der Waals surface area contributed by atoms with E-state index in [2.05, 4.69) is 17.9 Å². The van der Waals surface area contributed by atoms with Crippen molar-refractivity contribution in [3.63, 3.8) is 0 Å². The molecule has 0 N–H and O–H groups in total.